The first-order valence-electron chi connectivity index (χ1n) is 9.69. The third-order valence-corrected chi connectivity index (χ3v) is 7.12. The summed E-state index contributed by atoms with van der Waals surface area (Å²) < 4.78 is 0. The van der Waals surface area contributed by atoms with Crippen molar-refractivity contribution >= 4 is 46.8 Å². The molecule has 4 atom stereocenters. The molecule has 0 aromatic heterocycles. The minimum atomic E-state index is -1.23. The van der Waals surface area contributed by atoms with Crippen molar-refractivity contribution in [3.05, 3.63) is 28.8 Å². The normalized spacial score (nSPS) is 30.9. The lowest BCUT2D eigenvalue weighted by molar-refractivity contribution is -0.142. The van der Waals surface area contributed by atoms with E-state index in [0.29, 0.717) is 29.2 Å². The molecule has 1 spiro atoms. The number of thioether (sulfide) groups is 1. The fourth-order valence-electron chi connectivity index (χ4n) is 4.88. The highest BCUT2D eigenvalue weighted by atomic mass is 35.5. The number of benzene rings is 1. The largest absolute Gasteiger partial charge is 0.323 e. The average molecular weight is 422 g/mol. The quantitative estimate of drug-likeness (QED) is 0.690. The number of hydrogen-bond acceptors (Lipinski definition) is 5. The molecule has 3 aliphatic rings. The molecule has 4 rings (SSSR count). The zero-order chi connectivity index (χ0) is 20.1. The van der Waals surface area contributed by atoms with E-state index in [9.17, 15) is 14.4 Å². The Morgan fingerprint density at radius 2 is 2.04 bits per heavy atom. The molecule has 2 saturated heterocycles. The van der Waals surface area contributed by atoms with E-state index in [1.165, 1.54) is 4.90 Å². The SMILES string of the molecule is CCCCN1C(=O)[C@@H]2[C@H](CCSC)N[C@@]3(C(=O)Nc4c(Cl)cccc43)[C@@H]2C1=O. The number of imide groups is 1. The van der Waals surface area contributed by atoms with Gasteiger partial charge in [0.25, 0.3) is 0 Å². The highest BCUT2D eigenvalue weighted by Gasteiger charge is 2.70. The Morgan fingerprint density at radius 3 is 2.75 bits per heavy atom. The second-order valence-corrected chi connectivity index (χ2v) is 9.03. The van der Waals surface area contributed by atoms with Gasteiger partial charge in [-0.3, -0.25) is 24.6 Å². The molecule has 0 saturated carbocycles. The first-order valence-corrected chi connectivity index (χ1v) is 11.5. The summed E-state index contributed by atoms with van der Waals surface area (Å²) in [6.07, 6.45) is 4.38. The van der Waals surface area contributed by atoms with Crippen molar-refractivity contribution in [2.45, 2.75) is 37.8 Å². The third-order valence-electron chi connectivity index (χ3n) is 6.16. The van der Waals surface area contributed by atoms with Crippen LogP contribution in [-0.2, 0) is 19.9 Å². The Kier molecular flexibility index (Phi) is 5.18. The summed E-state index contributed by atoms with van der Waals surface area (Å²) in [7, 11) is 0. The predicted octanol–water partition coefficient (Wildman–Crippen LogP) is 2.61. The number of unbranched alkanes of at least 4 members (excludes halogenated alkanes) is 1. The van der Waals surface area contributed by atoms with Crippen molar-refractivity contribution in [1.82, 2.24) is 10.2 Å². The number of halogens is 1. The van der Waals surface area contributed by atoms with E-state index in [2.05, 4.69) is 10.6 Å². The van der Waals surface area contributed by atoms with Crippen LogP contribution in [0.4, 0.5) is 5.69 Å². The minimum Gasteiger partial charge on any atom is -0.323 e. The fourth-order valence-corrected chi connectivity index (χ4v) is 5.59. The summed E-state index contributed by atoms with van der Waals surface area (Å²) in [4.78, 5) is 41.2. The monoisotopic (exact) mass is 421 g/mol. The maximum absolute atomic E-state index is 13.4. The standard InChI is InChI=1S/C20H24ClN3O3S/c1-3-4-9-24-17(25)14-13(8-10-28-2)23-20(15(14)18(24)26)11-6-5-7-12(21)16(11)22-19(20)27/h5-7,13-15,23H,3-4,8-10H2,1-2H3,(H,22,27)/t13-,14+,15-,20+/m0/s1. The van der Waals surface area contributed by atoms with Crippen LogP contribution in [0.3, 0.4) is 0 Å². The molecular formula is C20H24ClN3O3S. The zero-order valence-corrected chi connectivity index (χ0v) is 17.5. The number of likely N-dealkylation sites (tertiary alicyclic amines) is 1. The number of amides is 3. The van der Waals surface area contributed by atoms with Gasteiger partial charge in [0.2, 0.25) is 17.7 Å². The molecule has 0 aliphatic carbocycles. The molecule has 6 nitrogen and oxygen atoms in total. The van der Waals surface area contributed by atoms with Crippen molar-refractivity contribution in [1.29, 1.82) is 0 Å². The second-order valence-electron chi connectivity index (χ2n) is 7.64. The lowest BCUT2D eigenvalue weighted by Gasteiger charge is -2.29. The number of carbonyl (C=O) groups excluding carboxylic acids is 3. The highest BCUT2D eigenvalue weighted by Crippen LogP contribution is 2.54. The second kappa shape index (κ2) is 7.35. The Labute approximate surface area is 173 Å². The van der Waals surface area contributed by atoms with Crippen LogP contribution in [0.2, 0.25) is 5.02 Å². The smallest absolute Gasteiger partial charge is 0.250 e. The van der Waals surface area contributed by atoms with Crippen molar-refractivity contribution in [2.24, 2.45) is 11.8 Å². The molecular weight excluding hydrogens is 398 g/mol. The molecule has 0 radical (unpaired) electrons. The molecule has 2 N–H and O–H groups in total. The number of nitrogens with one attached hydrogen (secondary N) is 2. The van der Waals surface area contributed by atoms with E-state index in [1.54, 1.807) is 23.9 Å². The van der Waals surface area contributed by atoms with Crippen LogP contribution >= 0.6 is 23.4 Å². The van der Waals surface area contributed by atoms with Crippen molar-refractivity contribution in [3.63, 3.8) is 0 Å². The predicted molar refractivity (Wildman–Crippen MR) is 110 cm³/mol. The van der Waals surface area contributed by atoms with Crippen LogP contribution in [0, 0.1) is 11.8 Å². The number of fused-ring (bicyclic) bond motifs is 4. The highest BCUT2D eigenvalue weighted by molar-refractivity contribution is 7.98. The molecule has 28 heavy (non-hydrogen) atoms. The van der Waals surface area contributed by atoms with Crippen LogP contribution in [0.5, 0.6) is 0 Å². The Bertz CT molecular complexity index is 848. The van der Waals surface area contributed by atoms with Gasteiger partial charge in [-0.25, -0.2) is 0 Å². The van der Waals surface area contributed by atoms with E-state index in [0.717, 1.165) is 18.6 Å². The molecule has 3 amide bonds. The Hall–Kier alpha value is -1.57. The molecule has 3 heterocycles. The number of nitrogens with zero attached hydrogens (tertiary/aromatic N) is 1. The molecule has 3 aliphatic heterocycles. The van der Waals surface area contributed by atoms with Crippen LogP contribution in [0.25, 0.3) is 0 Å². The summed E-state index contributed by atoms with van der Waals surface area (Å²) in [6.45, 7) is 2.44. The van der Waals surface area contributed by atoms with Gasteiger partial charge in [-0.2, -0.15) is 11.8 Å². The Balaban J connectivity index is 1.82. The first-order chi connectivity index (χ1) is 13.5. The summed E-state index contributed by atoms with van der Waals surface area (Å²) in [6, 6.07) is 5.10. The first kappa shape index (κ1) is 19.7. The van der Waals surface area contributed by atoms with Gasteiger partial charge in [0.1, 0.15) is 5.54 Å². The van der Waals surface area contributed by atoms with Crippen molar-refractivity contribution < 1.29 is 14.4 Å². The summed E-state index contributed by atoms with van der Waals surface area (Å²) in [5, 5.41) is 6.72. The average Bonchev–Trinajstić information content (AvgIpc) is 3.25. The topological polar surface area (TPSA) is 78.5 Å². The molecule has 0 unspecified atom stereocenters. The number of hydrogen-bond donors (Lipinski definition) is 2. The van der Waals surface area contributed by atoms with Gasteiger partial charge in [0, 0.05) is 18.2 Å². The number of carbonyl (C=O) groups is 3. The van der Waals surface area contributed by atoms with Gasteiger partial charge in [-0.15, -0.1) is 0 Å². The van der Waals surface area contributed by atoms with Crippen molar-refractivity contribution in [3.8, 4) is 0 Å². The van der Waals surface area contributed by atoms with Gasteiger partial charge < -0.3 is 5.32 Å². The van der Waals surface area contributed by atoms with E-state index in [-0.39, 0.29) is 23.8 Å². The lowest BCUT2D eigenvalue weighted by Crippen LogP contribution is -2.53. The molecule has 2 fully saturated rings. The minimum absolute atomic E-state index is 0.151. The van der Waals surface area contributed by atoms with Gasteiger partial charge in [-0.05, 0) is 30.9 Å². The number of rotatable bonds is 6. The maximum Gasteiger partial charge on any atom is 0.250 e. The summed E-state index contributed by atoms with van der Waals surface area (Å²) in [5.74, 6) is -1.10. The summed E-state index contributed by atoms with van der Waals surface area (Å²) >= 11 is 8.00. The van der Waals surface area contributed by atoms with Crippen molar-refractivity contribution in [2.75, 3.05) is 23.9 Å². The van der Waals surface area contributed by atoms with E-state index >= 15 is 0 Å². The molecule has 150 valence electrons. The van der Waals surface area contributed by atoms with Gasteiger partial charge in [0.15, 0.2) is 0 Å². The van der Waals surface area contributed by atoms with Gasteiger partial charge in [0.05, 0.1) is 22.5 Å². The molecule has 0 bridgehead atoms. The van der Waals surface area contributed by atoms with E-state index < -0.39 is 17.4 Å². The molecule has 8 heteroatoms. The van der Waals surface area contributed by atoms with Crippen LogP contribution in [0.1, 0.15) is 31.7 Å². The fraction of sp³-hybridized carbons (Fsp3) is 0.550. The third kappa shape index (κ3) is 2.63. The van der Waals surface area contributed by atoms with Gasteiger partial charge in [-0.1, -0.05) is 37.1 Å². The van der Waals surface area contributed by atoms with Crippen LogP contribution < -0.4 is 10.6 Å². The summed E-state index contributed by atoms with van der Waals surface area (Å²) in [5.41, 5.74) is -0.0230. The van der Waals surface area contributed by atoms with Gasteiger partial charge >= 0.3 is 0 Å². The van der Waals surface area contributed by atoms with E-state index in [1.807, 2.05) is 19.2 Å². The number of anilines is 1. The van der Waals surface area contributed by atoms with Crippen LogP contribution in [-0.4, -0.2) is 47.2 Å². The van der Waals surface area contributed by atoms with Crippen LogP contribution in [0.15, 0.2) is 18.2 Å². The number of para-hydroxylation sites is 1. The Morgan fingerprint density at radius 1 is 1.25 bits per heavy atom. The lowest BCUT2D eigenvalue weighted by atomic mass is 9.76. The van der Waals surface area contributed by atoms with E-state index in [4.69, 9.17) is 11.6 Å². The zero-order valence-electron chi connectivity index (χ0n) is 16.0. The maximum atomic E-state index is 13.4. The molecule has 1 aromatic rings. The molecule has 1 aromatic carbocycles.